The average Bonchev–Trinajstić information content (AvgIpc) is 3.48. The SMILES string of the molecule is Cc1ccc([C@H]2C3(O[C@@H](c4ccc(Cl)cc4)C24C(=O)c2ccccc2C4=O)C(=O)c2ccccc2C3=O)cc1. The predicted octanol–water partition coefficient (Wildman–Crippen LogP) is 6.39. The Bertz CT molecular complexity index is 1660. The number of halogens is 1. The Balaban J connectivity index is 1.59. The van der Waals surface area contributed by atoms with Gasteiger partial charge < -0.3 is 4.74 Å². The molecule has 6 heteroatoms. The number of benzene rings is 4. The maximum absolute atomic E-state index is 14.6. The van der Waals surface area contributed by atoms with E-state index in [2.05, 4.69) is 0 Å². The number of fused-ring (bicyclic) bond motifs is 2. The molecule has 4 aromatic rings. The lowest BCUT2D eigenvalue weighted by atomic mass is 9.60. The highest BCUT2D eigenvalue weighted by molar-refractivity contribution is 6.37. The summed E-state index contributed by atoms with van der Waals surface area (Å²) in [6.45, 7) is 1.92. The van der Waals surface area contributed by atoms with Crippen LogP contribution < -0.4 is 0 Å². The largest absolute Gasteiger partial charge is 0.348 e. The zero-order valence-electron chi connectivity index (χ0n) is 20.8. The van der Waals surface area contributed by atoms with Gasteiger partial charge in [-0.05, 0) is 30.2 Å². The molecule has 1 fully saturated rings. The molecule has 2 spiro atoms. The molecule has 0 aromatic heterocycles. The first-order valence-electron chi connectivity index (χ1n) is 12.7. The molecule has 1 heterocycles. The molecule has 2 aliphatic carbocycles. The minimum Gasteiger partial charge on any atom is -0.348 e. The lowest BCUT2D eigenvalue weighted by Crippen LogP contribution is -2.51. The summed E-state index contributed by atoms with van der Waals surface area (Å²) < 4.78 is 6.67. The lowest BCUT2D eigenvalue weighted by molar-refractivity contribution is -0.0210. The number of carbonyl (C=O) groups excluding carboxylic acids is 4. The van der Waals surface area contributed by atoms with Crippen LogP contribution in [0.1, 0.15) is 70.1 Å². The van der Waals surface area contributed by atoms with Gasteiger partial charge in [0.05, 0.1) is 5.92 Å². The van der Waals surface area contributed by atoms with Crippen LogP contribution in [0.5, 0.6) is 0 Å². The third-order valence-electron chi connectivity index (χ3n) is 8.42. The Kier molecular flexibility index (Phi) is 5.00. The maximum Gasteiger partial charge on any atom is 0.204 e. The maximum atomic E-state index is 14.6. The third kappa shape index (κ3) is 2.89. The van der Waals surface area contributed by atoms with Gasteiger partial charge in [-0.2, -0.15) is 0 Å². The van der Waals surface area contributed by atoms with E-state index in [1.54, 1.807) is 84.9 Å². The Labute approximate surface area is 229 Å². The van der Waals surface area contributed by atoms with Crippen LogP contribution in [-0.4, -0.2) is 28.7 Å². The molecule has 0 N–H and O–H groups in total. The molecule has 2 atom stereocenters. The van der Waals surface area contributed by atoms with Gasteiger partial charge in [0.2, 0.25) is 17.2 Å². The van der Waals surface area contributed by atoms with Crippen molar-refractivity contribution in [2.75, 3.05) is 0 Å². The number of ketones is 4. The fourth-order valence-electron chi connectivity index (χ4n) is 6.72. The first-order chi connectivity index (χ1) is 18.8. The molecule has 0 bridgehead atoms. The van der Waals surface area contributed by atoms with Crippen molar-refractivity contribution in [2.45, 2.75) is 24.5 Å². The molecule has 0 amide bonds. The predicted molar refractivity (Wildman–Crippen MR) is 145 cm³/mol. The van der Waals surface area contributed by atoms with Crippen LogP contribution in [0.4, 0.5) is 0 Å². The molecule has 0 saturated carbocycles. The molecule has 1 saturated heterocycles. The summed E-state index contributed by atoms with van der Waals surface area (Å²) in [5, 5.41) is 0.461. The average molecular weight is 533 g/mol. The molecule has 0 unspecified atom stereocenters. The summed E-state index contributed by atoms with van der Waals surface area (Å²) in [5.74, 6) is -3.20. The number of hydrogen-bond donors (Lipinski definition) is 0. The zero-order chi connectivity index (χ0) is 27.1. The highest BCUT2D eigenvalue weighted by atomic mass is 35.5. The molecule has 0 radical (unpaired) electrons. The Morgan fingerprint density at radius 3 is 1.51 bits per heavy atom. The number of hydrogen-bond acceptors (Lipinski definition) is 5. The van der Waals surface area contributed by atoms with Crippen molar-refractivity contribution >= 4 is 34.7 Å². The molecule has 7 rings (SSSR count). The standard InChI is InChI=1S/C33H21ClO5/c1-18-10-12-19(13-11-18)26-32(27(35)22-6-2-3-7-23(22)28(32)36)31(20-14-16-21(34)17-15-20)39-33(26)29(37)24-8-4-5-9-25(24)30(33)38/h2-17,26,31H,1H3/t26-,31+/m1/s1. The van der Waals surface area contributed by atoms with Gasteiger partial charge in [-0.3, -0.25) is 19.2 Å². The third-order valence-corrected chi connectivity index (χ3v) is 8.67. The van der Waals surface area contributed by atoms with Crippen molar-refractivity contribution < 1.29 is 23.9 Å². The van der Waals surface area contributed by atoms with Gasteiger partial charge >= 0.3 is 0 Å². The lowest BCUT2D eigenvalue weighted by Gasteiger charge is -2.34. The molecule has 3 aliphatic rings. The van der Waals surface area contributed by atoms with Crippen LogP contribution in [0.3, 0.4) is 0 Å². The normalized spacial score (nSPS) is 22.1. The molecule has 1 aliphatic heterocycles. The van der Waals surface area contributed by atoms with Crippen LogP contribution in [0.25, 0.3) is 0 Å². The van der Waals surface area contributed by atoms with Crippen LogP contribution in [0.2, 0.25) is 5.02 Å². The van der Waals surface area contributed by atoms with Crippen molar-refractivity contribution in [1.82, 2.24) is 0 Å². The molecule has 5 nitrogen and oxygen atoms in total. The van der Waals surface area contributed by atoms with Gasteiger partial charge in [-0.25, -0.2) is 0 Å². The van der Waals surface area contributed by atoms with Gasteiger partial charge in [0.15, 0.2) is 11.6 Å². The van der Waals surface area contributed by atoms with Crippen LogP contribution in [-0.2, 0) is 4.74 Å². The number of carbonyl (C=O) groups is 4. The summed E-state index contributed by atoms with van der Waals surface area (Å²) in [5.41, 5.74) is -1.07. The summed E-state index contributed by atoms with van der Waals surface area (Å²) in [6, 6.07) is 27.1. The summed E-state index contributed by atoms with van der Waals surface area (Å²) in [6.07, 6.45) is -1.21. The van der Waals surface area contributed by atoms with E-state index in [1.807, 2.05) is 19.1 Å². The first-order valence-corrected chi connectivity index (χ1v) is 13.1. The van der Waals surface area contributed by atoms with E-state index in [1.165, 1.54) is 0 Å². The first kappa shape index (κ1) is 23.9. The second-order valence-electron chi connectivity index (χ2n) is 10.4. The van der Waals surface area contributed by atoms with Crippen molar-refractivity contribution in [3.63, 3.8) is 0 Å². The van der Waals surface area contributed by atoms with Gasteiger partial charge in [0.1, 0.15) is 11.5 Å². The van der Waals surface area contributed by atoms with Crippen molar-refractivity contribution in [3.8, 4) is 0 Å². The number of aryl methyl sites for hydroxylation is 1. The summed E-state index contributed by atoms with van der Waals surface area (Å²) in [4.78, 5) is 57.9. The second-order valence-corrected chi connectivity index (χ2v) is 10.8. The van der Waals surface area contributed by atoms with Gasteiger partial charge in [0.25, 0.3) is 0 Å². The van der Waals surface area contributed by atoms with E-state index in [0.717, 1.165) is 5.56 Å². The number of ether oxygens (including phenoxy) is 1. The Morgan fingerprint density at radius 2 is 1.03 bits per heavy atom. The van der Waals surface area contributed by atoms with E-state index in [4.69, 9.17) is 16.3 Å². The fraction of sp³-hybridized carbons (Fsp3) is 0.152. The van der Waals surface area contributed by atoms with Crippen LogP contribution in [0.15, 0.2) is 97.1 Å². The quantitative estimate of drug-likeness (QED) is 0.280. The van der Waals surface area contributed by atoms with Gasteiger partial charge in [0, 0.05) is 27.3 Å². The van der Waals surface area contributed by atoms with Gasteiger partial charge in [-0.1, -0.05) is 102 Å². The highest BCUT2D eigenvalue weighted by Crippen LogP contribution is 2.67. The number of rotatable bonds is 2. The van der Waals surface area contributed by atoms with Crippen molar-refractivity contribution in [1.29, 1.82) is 0 Å². The highest BCUT2D eigenvalue weighted by Gasteiger charge is 2.79. The number of Topliss-reactive ketones (excluding diaryl/α,β-unsaturated/α-hetero) is 4. The molecule has 190 valence electrons. The van der Waals surface area contributed by atoms with Gasteiger partial charge in [-0.15, -0.1) is 0 Å². The topological polar surface area (TPSA) is 77.5 Å². The minimum absolute atomic E-state index is 0.224. The van der Waals surface area contributed by atoms with Crippen LogP contribution >= 0.6 is 11.6 Å². The van der Waals surface area contributed by atoms with E-state index in [-0.39, 0.29) is 22.3 Å². The summed E-state index contributed by atoms with van der Waals surface area (Å²) >= 11 is 6.18. The van der Waals surface area contributed by atoms with Crippen LogP contribution in [0, 0.1) is 12.3 Å². The minimum atomic E-state index is -2.10. The van der Waals surface area contributed by atoms with E-state index in [0.29, 0.717) is 16.1 Å². The fourth-order valence-corrected chi connectivity index (χ4v) is 6.85. The second kappa shape index (κ2) is 8.15. The monoisotopic (exact) mass is 532 g/mol. The smallest absolute Gasteiger partial charge is 0.204 e. The zero-order valence-corrected chi connectivity index (χ0v) is 21.6. The van der Waals surface area contributed by atoms with E-state index < -0.39 is 46.2 Å². The molecule has 4 aromatic carbocycles. The Morgan fingerprint density at radius 1 is 0.590 bits per heavy atom. The molecular weight excluding hydrogens is 512 g/mol. The van der Waals surface area contributed by atoms with E-state index >= 15 is 0 Å². The Hall–Kier alpha value is -4.19. The molecular formula is C33H21ClO5. The van der Waals surface area contributed by atoms with Crippen molar-refractivity contribution in [2.24, 2.45) is 5.41 Å². The van der Waals surface area contributed by atoms with E-state index in [9.17, 15) is 19.2 Å². The summed E-state index contributed by atoms with van der Waals surface area (Å²) in [7, 11) is 0. The molecule has 39 heavy (non-hydrogen) atoms. The van der Waals surface area contributed by atoms with Crippen molar-refractivity contribution in [3.05, 3.63) is 141 Å².